The van der Waals surface area contributed by atoms with E-state index in [-0.39, 0.29) is 23.5 Å². The molecule has 0 heterocycles. The van der Waals surface area contributed by atoms with Gasteiger partial charge in [0.05, 0.1) is 6.61 Å². The molecule has 0 radical (unpaired) electrons. The second-order valence-electron chi connectivity index (χ2n) is 7.92. The lowest BCUT2D eigenvalue weighted by Crippen LogP contribution is -1.98. The first kappa shape index (κ1) is 24.1. The van der Waals surface area contributed by atoms with Crippen LogP contribution in [0.25, 0.3) is 28.3 Å². The maximum atomic E-state index is 15.0. The van der Waals surface area contributed by atoms with E-state index in [1.54, 1.807) is 61.5 Å². The summed E-state index contributed by atoms with van der Waals surface area (Å²) in [6.07, 6.45) is 3.86. The van der Waals surface area contributed by atoms with Crippen molar-refractivity contribution < 1.29 is 22.6 Å². The highest BCUT2D eigenvalue weighted by molar-refractivity contribution is 5.72. The molecule has 0 bridgehead atoms. The van der Waals surface area contributed by atoms with E-state index in [2.05, 4.69) is 0 Å². The van der Waals surface area contributed by atoms with Gasteiger partial charge >= 0.3 is 0 Å². The summed E-state index contributed by atoms with van der Waals surface area (Å²) < 4.78 is 54.7. The molecule has 0 aromatic heterocycles. The van der Waals surface area contributed by atoms with Gasteiger partial charge in [-0.05, 0) is 48.2 Å². The molecule has 178 valence electrons. The van der Waals surface area contributed by atoms with Crippen LogP contribution in [0.5, 0.6) is 11.5 Å². The van der Waals surface area contributed by atoms with E-state index < -0.39 is 17.5 Å². The average Bonchev–Trinajstić information content (AvgIpc) is 2.87. The summed E-state index contributed by atoms with van der Waals surface area (Å²) in [6, 6.07) is 21.8. The molecule has 0 N–H and O–H groups in total. The van der Waals surface area contributed by atoms with Crippen LogP contribution in [0.15, 0.2) is 84.9 Å². The lowest BCUT2D eigenvalue weighted by Gasteiger charge is -2.11. The van der Waals surface area contributed by atoms with Crippen LogP contribution in [0.2, 0.25) is 0 Å². The second kappa shape index (κ2) is 11.0. The molecular weight excluding hydrogens is 449 g/mol. The highest BCUT2D eigenvalue weighted by Gasteiger charge is 2.16. The fourth-order valence-electron chi connectivity index (χ4n) is 3.75. The second-order valence-corrected chi connectivity index (χ2v) is 7.92. The van der Waals surface area contributed by atoms with E-state index in [4.69, 9.17) is 9.47 Å². The SMILES string of the molecule is CC=Cc1ccc(-c2ccc(-c3ccc(COc4ccc(OCC)c(F)c4)cc3)c(F)c2F)cc1. The quantitative estimate of drug-likeness (QED) is 0.255. The first-order chi connectivity index (χ1) is 17.0. The molecule has 5 heteroatoms. The minimum absolute atomic E-state index is 0.176. The predicted molar refractivity (Wildman–Crippen MR) is 134 cm³/mol. The van der Waals surface area contributed by atoms with Gasteiger partial charge in [0.1, 0.15) is 12.4 Å². The summed E-state index contributed by atoms with van der Waals surface area (Å²) in [5.41, 5.74) is 3.35. The Bertz CT molecular complexity index is 1330. The van der Waals surface area contributed by atoms with Gasteiger partial charge in [-0.3, -0.25) is 0 Å². The average molecular weight is 475 g/mol. The van der Waals surface area contributed by atoms with E-state index in [1.165, 1.54) is 12.1 Å². The minimum Gasteiger partial charge on any atom is -0.491 e. The zero-order chi connectivity index (χ0) is 24.8. The first-order valence-corrected chi connectivity index (χ1v) is 11.4. The summed E-state index contributed by atoms with van der Waals surface area (Å²) in [7, 11) is 0. The summed E-state index contributed by atoms with van der Waals surface area (Å²) in [6.45, 7) is 4.28. The summed E-state index contributed by atoms with van der Waals surface area (Å²) in [5.74, 6) is -1.72. The van der Waals surface area contributed by atoms with Crippen molar-refractivity contribution in [3.63, 3.8) is 0 Å². The third-order valence-corrected chi connectivity index (χ3v) is 5.54. The van der Waals surface area contributed by atoms with Gasteiger partial charge in [-0.25, -0.2) is 13.2 Å². The Morgan fingerprint density at radius 3 is 1.86 bits per heavy atom. The largest absolute Gasteiger partial charge is 0.491 e. The molecule has 35 heavy (non-hydrogen) atoms. The highest BCUT2D eigenvalue weighted by Crippen LogP contribution is 2.32. The molecule has 0 aliphatic rings. The molecule has 0 aliphatic carbocycles. The molecular formula is C30H25F3O2. The smallest absolute Gasteiger partial charge is 0.168 e. The predicted octanol–water partition coefficient (Wildman–Crippen LogP) is 8.45. The first-order valence-electron chi connectivity index (χ1n) is 11.4. The van der Waals surface area contributed by atoms with Gasteiger partial charge in [0.25, 0.3) is 0 Å². The van der Waals surface area contributed by atoms with Crippen molar-refractivity contribution in [1.29, 1.82) is 0 Å². The van der Waals surface area contributed by atoms with Crippen LogP contribution in [0.4, 0.5) is 13.2 Å². The maximum Gasteiger partial charge on any atom is 0.168 e. The topological polar surface area (TPSA) is 18.5 Å². The number of benzene rings is 4. The molecule has 4 aromatic carbocycles. The zero-order valence-electron chi connectivity index (χ0n) is 19.5. The molecule has 0 fully saturated rings. The Morgan fingerprint density at radius 1 is 0.714 bits per heavy atom. The number of rotatable bonds is 8. The molecule has 0 amide bonds. The van der Waals surface area contributed by atoms with E-state index >= 15 is 0 Å². The van der Waals surface area contributed by atoms with Gasteiger partial charge < -0.3 is 9.47 Å². The van der Waals surface area contributed by atoms with E-state index in [0.29, 0.717) is 23.5 Å². The van der Waals surface area contributed by atoms with Crippen molar-refractivity contribution >= 4 is 6.08 Å². The summed E-state index contributed by atoms with van der Waals surface area (Å²) in [4.78, 5) is 0. The van der Waals surface area contributed by atoms with Crippen LogP contribution in [-0.4, -0.2) is 6.61 Å². The summed E-state index contributed by atoms with van der Waals surface area (Å²) in [5, 5.41) is 0. The maximum absolute atomic E-state index is 15.0. The monoisotopic (exact) mass is 474 g/mol. The fraction of sp³-hybridized carbons (Fsp3) is 0.133. The van der Waals surface area contributed by atoms with Crippen LogP contribution >= 0.6 is 0 Å². The van der Waals surface area contributed by atoms with Gasteiger partial charge in [0, 0.05) is 17.2 Å². The highest BCUT2D eigenvalue weighted by atomic mass is 19.2. The van der Waals surface area contributed by atoms with Gasteiger partial charge in [0.15, 0.2) is 23.2 Å². The normalized spacial score (nSPS) is 11.1. The minimum atomic E-state index is -0.895. The van der Waals surface area contributed by atoms with Crippen LogP contribution in [-0.2, 0) is 6.61 Å². The Labute approximate surface area is 203 Å². The zero-order valence-corrected chi connectivity index (χ0v) is 19.5. The Morgan fingerprint density at radius 2 is 1.31 bits per heavy atom. The number of hydrogen-bond acceptors (Lipinski definition) is 2. The molecule has 0 atom stereocenters. The summed E-state index contributed by atoms with van der Waals surface area (Å²) >= 11 is 0. The van der Waals surface area contributed by atoms with Crippen LogP contribution in [0.1, 0.15) is 25.0 Å². The molecule has 4 aromatic rings. The number of ether oxygens (including phenoxy) is 2. The molecule has 0 aliphatic heterocycles. The Balaban J connectivity index is 1.48. The molecule has 0 spiro atoms. The van der Waals surface area contributed by atoms with E-state index in [1.807, 2.05) is 31.2 Å². The van der Waals surface area contributed by atoms with Crippen LogP contribution in [0.3, 0.4) is 0 Å². The Hall–Kier alpha value is -3.99. The number of halogens is 3. The van der Waals surface area contributed by atoms with Crippen molar-refractivity contribution in [3.8, 4) is 33.8 Å². The van der Waals surface area contributed by atoms with Gasteiger partial charge in [-0.2, -0.15) is 0 Å². The van der Waals surface area contributed by atoms with E-state index in [0.717, 1.165) is 11.1 Å². The number of hydrogen-bond donors (Lipinski definition) is 0. The van der Waals surface area contributed by atoms with Crippen LogP contribution < -0.4 is 9.47 Å². The lowest BCUT2D eigenvalue weighted by atomic mass is 9.97. The van der Waals surface area contributed by atoms with Crippen molar-refractivity contribution in [3.05, 3.63) is 114 Å². The molecule has 0 unspecified atom stereocenters. The van der Waals surface area contributed by atoms with Crippen molar-refractivity contribution in [2.75, 3.05) is 6.61 Å². The molecule has 0 saturated heterocycles. The van der Waals surface area contributed by atoms with Gasteiger partial charge in [-0.1, -0.05) is 72.8 Å². The lowest BCUT2D eigenvalue weighted by molar-refractivity contribution is 0.297. The third-order valence-electron chi connectivity index (χ3n) is 5.54. The van der Waals surface area contributed by atoms with E-state index in [9.17, 15) is 13.2 Å². The number of allylic oxidation sites excluding steroid dienone is 1. The Kier molecular flexibility index (Phi) is 7.56. The van der Waals surface area contributed by atoms with Gasteiger partial charge in [-0.15, -0.1) is 0 Å². The standard InChI is InChI=1S/C30H25F3O2/c1-3-5-20-6-10-22(11-7-20)25-15-16-26(30(33)29(25)32)23-12-8-21(9-13-23)19-35-24-14-17-28(34-4-2)27(31)18-24/h3,5-18H,4,19H2,1-2H3. The fourth-order valence-corrected chi connectivity index (χ4v) is 3.75. The third kappa shape index (κ3) is 5.57. The molecule has 0 saturated carbocycles. The molecule has 2 nitrogen and oxygen atoms in total. The molecule has 4 rings (SSSR count). The van der Waals surface area contributed by atoms with Gasteiger partial charge in [0.2, 0.25) is 0 Å². The van der Waals surface area contributed by atoms with Crippen molar-refractivity contribution in [2.45, 2.75) is 20.5 Å². The van der Waals surface area contributed by atoms with Crippen molar-refractivity contribution in [1.82, 2.24) is 0 Å². The van der Waals surface area contributed by atoms with Crippen LogP contribution in [0, 0.1) is 17.5 Å². The van der Waals surface area contributed by atoms with Crippen molar-refractivity contribution in [2.24, 2.45) is 0 Å².